The van der Waals surface area contributed by atoms with E-state index in [4.69, 9.17) is 33.0 Å². The van der Waals surface area contributed by atoms with Gasteiger partial charge >= 0.3 is 5.97 Å². The van der Waals surface area contributed by atoms with Crippen LogP contribution in [0.25, 0.3) is 0 Å². The lowest BCUT2D eigenvalue weighted by atomic mass is 10.1. The highest BCUT2D eigenvalue weighted by Gasteiger charge is 2.07. The van der Waals surface area contributed by atoms with Gasteiger partial charge in [-0.15, -0.1) is 0 Å². The highest BCUT2D eigenvalue weighted by Crippen LogP contribution is 2.26. The van der Waals surface area contributed by atoms with Gasteiger partial charge in [0.2, 0.25) is 0 Å². The van der Waals surface area contributed by atoms with Crippen LogP contribution in [0.15, 0.2) is 60.7 Å². The number of carboxylic acid groups (broad SMARTS) is 1. The minimum absolute atomic E-state index is 0.281. The van der Waals surface area contributed by atoms with Crippen LogP contribution in [0.2, 0.25) is 10.0 Å². The molecule has 0 unspecified atom stereocenters. The van der Waals surface area contributed by atoms with Crippen LogP contribution in [0.5, 0.6) is 5.75 Å². The minimum Gasteiger partial charge on any atom is -0.489 e. The number of carboxylic acids is 1. The highest BCUT2D eigenvalue weighted by molar-refractivity contribution is 6.35. The summed E-state index contributed by atoms with van der Waals surface area (Å²) in [7, 11) is 0. The first-order chi connectivity index (χ1) is 13.4. The number of hydrogen-bond donors (Lipinski definition) is 2. The molecule has 0 spiro atoms. The van der Waals surface area contributed by atoms with Gasteiger partial charge in [-0.2, -0.15) is 0 Å². The van der Waals surface area contributed by atoms with E-state index in [1.54, 1.807) is 36.4 Å². The van der Waals surface area contributed by atoms with Gasteiger partial charge < -0.3 is 15.2 Å². The Morgan fingerprint density at radius 1 is 1.04 bits per heavy atom. The zero-order valence-electron chi connectivity index (χ0n) is 15.2. The number of nitrogens with one attached hydrogen (secondary N) is 1. The van der Waals surface area contributed by atoms with Crippen LogP contribution in [-0.2, 0) is 13.2 Å². The maximum Gasteiger partial charge on any atom is 0.335 e. The Hall–Kier alpha value is -2.69. The molecule has 144 valence electrons. The molecule has 0 aromatic heterocycles. The highest BCUT2D eigenvalue weighted by atomic mass is 35.5. The van der Waals surface area contributed by atoms with E-state index in [9.17, 15) is 4.79 Å². The van der Waals surface area contributed by atoms with E-state index in [0.29, 0.717) is 23.2 Å². The van der Waals surface area contributed by atoms with Gasteiger partial charge in [0.05, 0.1) is 5.56 Å². The monoisotopic (exact) mass is 415 g/mol. The number of aromatic carboxylic acids is 1. The fourth-order valence-corrected chi connectivity index (χ4v) is 3.23. The summed E-state index contributed by atoms with van der Waals surface area (Å²) in [4.78, 5) is 11.0. The molecule has 0 aliphatic carbocycles. The third-order valence-electron chi connectivity index (χ3n) is 4.32. The van der Waals surface area contributed by atoms with Crippen molar-refractivity contribution < 1.29 is 14.6 Å². The largest absolute Gasteiger partial charge is 0.489 e. The molecular formula is C22H19Cl2NO3. The Morgan fingerprint density at radius 3 is 2.32 bits per heavy atom. The summed E-state index contributed by atoms with van der Waals surface area (Å²) in [5.41, 5.74) is 3.90. The Kier molecular flexibility index (Phi) is 6.45. The molecule has 3 aromatic rings. The van der Waals surface area contributed by atoms with Gasteiger partial charge in [-0.1, -0.05) is 41.4 Å². The fraction of sp³-hybridized carbons (Fsp3) is 0.136. The predicted octanol–water partition coefficient (Wildman–Crippen LogP) is 6.19. The van der Waals surface area contributed by atoms with Gasteiger partial charge in [-0.05, 0) is 60.5 Å². The second kappa shape index (κ2) is 9.00. The van der Waals surface area contributed by atoms with Gasteiger partial charge in [-0.3, -0.25) is 0 Å². The Balaban J connectivity index is 1.58. The third kappa shape index (κ3) is 4.97. The number of ether oxygens (including phenoxy) is 1. The zero-order valence-corrected chi connectivity index (χ0v) is 16.7. The summed E-state index contributed by atoms with van der Waals surface area (Å²) in [6, 6.07) is 18.1. The number of aryl methyl sites for hydroxylation is 1. The average molecular weight is 416 g/mol. The van der Waals surface area contributed by atoms with E-state index < -0.39 is 5.97 Å². The van der Waals surface area contributed by atoms with Crippen molar-refractivity contribution in [2.45, 2.75) is 20.1 Å². The summed E-state index contributed by atoms with van der Waals surface area (Å²) < 4.78 is 5.78. The number of carbonyl (C=O) groups is 1. The maximum atomic E-state index is 11.0. The predicted molar refractivity (Wildman–Crippen MR) is 113 cm³/mol. The van der Waals surface area contributed by atoms with Crippen molar-refractivity contribution >= 4 is 34.9 Å². The molecule has 0 atom stereocenters. The van der Waals surface area contributed by atoms with Crippen LogP contribution in [0.1, 0.15) is 27.0 Å². The van der Waals surface area contributed by atoms with Crippen LogP contribution in [-0.4, -0.2) is 11.1 Å². The molecule has 0 fully saturated rings. The molecule has 2 N–H and O–H groups in total. The number of halogens is 2. The first-order valence-electron chi connectivity index (χ1n) is 8.66. The van der Waals surface area contributed by atoms with Gasteiger partial charge in [0.25, 0.3) is 0 Å². The average Bonchev–Trinajstić information content (AvgIpc) is 2.67. The summed E-state index contributed by atoms with van der Waals surface area (Å²) in [5.74, 6) is -0.204. The van der Waals surface area contributed by atoms with Crippen molar-refractivity contribution in [3.63, 3.8) is 0 Å². The summed E-state index contributed by atoms with van der Waals surface area (Å²) in [5, 5.41) is 13.5. The molecule has 0 saturated carbocycles. The molecule has 0 aliphatic heterocycles. The molecule has 0 amide bonds. The van der Waals surface area contributed by atoms with E-state index in [1.807, 2.05) is 31.2 Å². The van der Waals surface area contributed by atoms with Crippen LogP contribution >= 0.6 is 23.2 Å². The summed E-state index contributed by atoms with van der Waals surface area (Å²) >= 11 is 12.3. The second-order valence-electron chi connectivity index (χ2n) is 6.32. The van der Waals surface area contributed by atoms with Gasteiger partial charge in [0, 0.05) is 27.8 Å². The van der Waals surface area contributed by atoms with E-state index in [2.05, 4.69) is 5.32 Å². The second-order valence-corrected chi connectivity index (χ2v) is 7.14. The van der Waals surface area contributed by atoms with Crippen LogP contribution in [0.4, 0.5) is 5.69 Å². The normalized spacial score (nSPS) is 10.5. The fourth-order valence-electron chi connectivity index (χ4n) is 2.72. The van der Waals surface area contributed by atoms with Crippen molar-refractivity contribution in [2.75, 3.05) is 5.32 Å². The summed E-state index contributed by atoms with van der Waals surface area (Å²) in [6.45, 7) is 2.79. The lowest BCUT2D eigenvalue weighted by Gasteiger charge is -2.12. The molecule has 0 radical (unpaired) electrons. The summed E-state index contributed by atoms with van der Waals surface area (Å²) in [6.07, 6.45) is 0. The van der Waals surface area contributed by atoms with Gasteiger partial charge in [0.15, 0.2) is 0 Å². The molecule has 0 bridgehead atoms. The third-order valence-corrected chi connectivity index (χ3v) is 5.03. The lowest BCUT2D eigenvalue weighted by Crippen LogP contribution is -2.03. The topological polar surface area (TPSA) is 58.6 Å². The minimum atomic E-state index is -0.927. The van der Waals surface area contributed by atoms with Gasteiger partial charge in [-0.25, -0.2) is 4.79 Å². The molecule has 3 aromatic carbocycles. The molecule has 0 aliphatic rings. The standard InChI is InChI=1S/C22H19Cl2NO3/c1-14-11-16(22(26)27)7-10-21(14)25-12-15-5-8-17(9-6-15)28-13-18-19(23)3-2-4-20(18)24/h2-11,25H,12-13H2,1H3,(H,26,27). The zero-order chi connectivity index (χ0) is 20.1. The first kappa shape index (κ1) is 20.1. The van der Waals surface area contributed by atoms with E-state index >= 15 is 0 Å². The first-order valence-corrected chi connectivity index (χ1v) is 9.42. The van der Waals surface area contributed by atoms with Crippen molar-refractivity contribution in [1.29, 1.82) is 0 Å². The van der Waals surface area contributed by atoms with Gasteiger partial charge in [0.1, 0.15) is 12.4 Å². The molecule has 3 rings (SSSR count). The van der Waals surface area contributed by atoms with Crippen molar-refractivity contribution in [3.05, 3.63) is 93.0 Å². The maximum absolute atomic E-state index is 11.0. The lowest BCUT2D eigenvalue weighted by molar-refractivity contribution is 0.0697. The molecule has 0 heterocycles. The number of anilines is 1. The van der Waals surface area contributed by atoms with Crippen LogP contribution in [0.3, 0.4) is 0 Å². The van der Waals surface area contributed by atoms with Crippen LogP contribution in [0, 0.1) is 6.92 Å². The molecule has 6 heteroatoms. The Morgan fingerprint density at radius 2 is 1.71 bits per heavy atom. The number of rotatable bonds is 7. The van der Waals surface area contributed by atoms with Crippen LogP contribution < -0.4 is 10.1 Å². The Bertz CT molecular complexity index is 967. The number of benzene rings is 3. The molecule has 0 saturated heterocycles. The molecule has 28 heavy (non-hydrogen) atoms. The van der Waals surface area contributed by atoms with E-state index in [0.717, 1.165) is 28.1 Å². The van der Waals surface area contributed by atoms with E-state index in [-0.39, 0.29) is 5.56 Å². The van der Waals surface area contributed by atoms with E-state index in [1.165, 1.54) is 0 Å². The molecule has 4 nitrogen and oxygen atoms in total. The van der Waals surface area contributed by atoms with Crippen molar-refractivity contribution in [1.82, 2.24) is 0 Å². The number of hydrogen-bond acceptors (Lipinski definition) is 3. The quantitative estimate of drug-likeness (QED) is 0.482. The van der Waals surface area contributed by atoms with Crippen molar-refractivity contribution in [3.8, 4) is 5.75 Å². The molecular weight excluding hydrogens is 397 g/mol. The SMILES string of the molecule is Cc1cc(C(=O)O)ccc1NCc1ccc(OCc2c(Cl)cccc2Cl)cc1. The smallest absolute Gasteiger partial charge is 0.335 e. The Labute approximate surface area is 173 Å². The van der Waals surface area contributed by atoms with Crippen molar-refractivity contribution in [2.24, 2.45) is 0 Å².